The van der Waals surface area contributed by atoms with Crippen molar-refractivity contribution in [3.8, 4) is 0 Å². The molecule has 1 rings (SSSR count). The minimum absolute atomic E-state index is 1.01. The van der Waals surface area contributed by atoms with Crippen LogP contribution in [0.3, 0.4) is 0 Å². The van der Waals surface area contributed by atoms with E-state index in [4.69, 9.17) is 0 Å². The van der Waals surface area contributed by atoms with Crippen molar-refractivity contribution in [3.63, 3.8) is 0 Å². The summed E-state index contributed by atoms with van der Waals surface area (Å²) in [7, 11) is 0. The maximum Gasteiger partial charge on any atom is -0.0163 e. The van der Waals surface area contributed by atoms with Gasteiger partial charge in [0, 0.05) is 0 Å². The van der Waals surface area contributed by atoms with Gasteiger partial charge >= 0.3 is 0 Å². The summed E-state index contributed by atoms with van der Waals surface area (Å²) in [6.07, 6.45) is 19.6. The van der Waals surface area contributed by atoms with Gasteiger partial charge in [-0.15, -0.1) is 0 Å². The molecule has 0 aromatic heterocycles. The molecule has 0 heteroatoms. The predicted octanol–water partition coefficient (Wildman–Crippen LogP) is 4.12. The highest BCUT2D eigenvalue weighted by atomic mass is 14.0. The molecule has 0 amide bonds. The number of allylic oxidation sites excluding steroid dienone is 11. The van der Waals surface area contributed by atoms with E-state index >= 15 is 0 Å². The van der Waals surface area contributed by atoms with Crippen molar-refractivity contribution in [1.29, 1.82) is 0 Å². The smallest absolute Gasteiger partial charge is 0.0163 e. The number of rotatable bonds is 3. The van der Waals surface area contributed by atoms with E-state index in [-0.39, 0.29) is 0 Å². The van der Waals surface area contributed by atoms with Crippen LogP contribution in [0.5, 0.6) is 0 Å². The summed E-state index contributed by atoms with van der Waals surface area (Å²) in [6, 6.07) is 0. The van der Waals surface area contributed by atoms with E-state index in [0.29, 0.717) is 0 Å². The third-order valence-electron chi connectivity index (χ3n) is 2.00. The monoisotopic (exact) mass is 184 g/mol. The molecule has 0 nitrogen and oxygen atoms in total. The minimum atomic E-state index is 1.01. The fourth-order valence-electron chi connectivity index (χ4n) is 1.25. The van der Waals surface area contributed by atoms with E-state index in [1.54, 1.807) is 0 Å². The van der Waals surface area contributed by atoms with Crippen molar-refractivity contribution in [2.24, 2.45) is 0 Å². The molecule has 0 saturated carbocycles. The number of hydrogen-bond acceptors (Lipinski definition) is 0. The van der Waals surface area contributed by atoms with Gasteiger partial charge in [0.1, 0.15) is 0 Å². The molecule has 0 aromatic carbocycles. The molecule has 0 saturated heterocycles. The molecule has 72 valence electrons. The Morgan fingerprint density at radius 2 is 2.29 bits per heavy atom. The second kappa shape index (κ2) is 5.98. The molecule has 0 fully saturated rings. The molecule has 0 aromatic rings. The third kappa shape index (κ3) is 3.06. The molecular formula is C14H16. The van der Waals surface area contributed by atoms with Gasteiger partial charge in [0.2, 0.25) is 0 Å². The Hall–Kier alpha value is -1.56. The fraction of sp³-hybridized carbons (Fsp3) is 0.143. The molecular weight excluding hydrogens is 168 g/mol. The summed E-state index contributed by atoms with van der Waals surface area (Å²) in [5, 5.41) is 0. The maximum absolute atomic E-state index is 3.82. The largest absolute Gasteiger partial charge is 0.0984 e. The first kappa shape index (κ1) is 10.5. The molecule has 1 aliphatic carbocycles. The van der Waals surface area contributed by atoms with Crippen molar-refractivity contribution >= 4 is 0 Å². The Morgan fingerprint density at radius 1 is 1.43 bits per heavy atom. The molecule has 0 unspecified atom stereocenters. The average Bonchev–Trinajstić information content (AvgIpc) is 2.48. The Bertz CT molecular complexity index is 333. The first-order valence-corrected chi connectivity index (χ1v) is 4.87. The van der Waals surface area contributed by atoms with E-state index in [9.17, 15) is 0 Å². The van der Waals surface area contributed by atoms with Gasteiger partial charge in [0.05, 0.1) is 0 Å². The van der Waals surface area contributed by atoms with Crippen LogP contribution in [0.4, 0.5) is 0 Å². The fourth-order valence-corrected chi connectivity index (χ4v) is 1.25. The van der Waals surface area contributed by atoms with Crippen LogP contribution in [0.15, 0.2) is 72.4 Å². The SMILES string of the molecule is C=C/C(=C\C=C/C)C1=CC=CCC=C1. The minimum Gasteiger partial charge on any atom is -0.0984 e. The Balaban J connectivity index is 2.93. The zero-order valence-electron chi connectivity index (χ0n) is 8.61. The van der Waals surface area contributed by atoms with Gasteiger partial charge in [0.15, 0.2) is 0 Å². The summed E-state index contributed by atoms with van der Waals surface area (Å²) < 4.78 is 0. The van der Waals surface area contributed by atoms with Crippen LogP contribution >= 0.6 is 0 Å². The molecule has 0 atom stereocenters. The van der Waals surface area contributed by atoms with Crippen LogP contribution in [0.2, 0.25) is 0 Å². The highest BCUT2D eigenvalue weighted by molar-refractivity contribution is 5.49. The highest BCUT2D eigenvalue weighted by Gasteiger charge is 1.96. The molecule has 0 spiro atoms. The van der Waals surface area contributed by atoms with E-state index < -0.39 is 0 Å². The first-order valence-electron chi connectivity index (χ1n) is 4.87. The predicted molar refractivity (Wildman–Crippen MR) is 64.1 cm³/mol. The normalized spacial score (nSPS) is 16.9. The van der Waals surface area contributed by atoms with Crippen LogP contribution in [0.25, 0.3) is 0 Å². The molecule has 14 heavy (non-hydrogen) atoms. The molecule has 0 radical (unpaired) electrons. The lowest BCUT2D eigenvalue weighted by atomic mass is 10.1. The van der Waals surface area contributed by atoms with Gasteiger partial charge in [-0.2, -0.15) is 0 Å². The van der Waals surface area contributed by atoms with Gasteiger partial charge in [0.25, 0.3) is 0 Å². The molecule has 1 aliphatic rings. The molecule has 0 aliphatic heterocycles. The number of hydrogen-bond donors (Lipinski definition) is 0. The van der Waals surface area contributed by atoms with Crippen molar-refractivity contribution in [3.05, 3.63) is 72.4 Å². The van der Waals surface area contributed by atoms with E-state index in [1.165, 1.54) is 5.57 Å². The molecule has 0 bridgehead atoms. The Labute approximate surface area is 86.3 Å². The average molecular weight is 184 g/mol. The van der Waals surface area contributed by atoms with Gasteiger partial charge in [-0.25, -0.2) is 0 Å². The van der Waals surface area contributed by atoms with Gasteiger partial charge in [-0.3, -0.25) is 0 Å². The van der Waals surface area contributed by atoms with Crippen LogP contribution in [0, 0.1) is 0 Å². The van der Waals surface area contributed by atoms with Gasteiger partial charge in [-0.05, 0) is 24.5 Å². The van der Waals surface area contributed by atoms with Gasteiger partial charge in [-0.1, -0.05) is 61.3 Å². The third-order valence-corrected chi connectivity index (χ3v) is 2.00. The summed E-state index contributed by atoms with van der Waals surface area (Å²) in [4.78, 5) is 0. The summed E-state index contributed by atoms with van der Waals surface area (Å²) in [6.45, 7) is 5.83. The first-order chi connectivity index (χ1) is 6.88. The van der Waals surface area contributed by atoms with Crippen molar-refractivity contribution < 1.29 is 0 Å². The van der Waals surface area contributed by atoms with Crippen LogP contribution in [-0.2, 0) is 0 Å². The maximum atomic E-state index is 3.82. The Morgan fingerprint density at radius 3 is 3.00 bits per heavy atom. The van der Waals surface area contributed by atoms with Crippen LogP contribution in [-0.4, -0.2) is 0 Å². The highest BCUT2D eigenvalue weighted by Crippen LogP contribution is 2.15. The van der Waals surface area contributed by atoms with E-state index in [1.807, 2.05) is 25.2 Å². The zero-order chi connectivity index (χ0) is 10.2. The molecule has 0 heterocycles. The lowest BCUT2D eigenvalue weighted by Gasteiger charge is -2.00. The lowest BCUT2D eigenvalue weighted by Crippen LogP contribution is -1.80. The summed E-state index contributed by atoms with van der Waals surface area (Å²) in [5.74, 6) is 0. The second-order valence-electron chi connectivity index (χ2n) is 3.04. The molecule has 0 N–H and O–H groups in total. The van der Waals surface area contributed by atoms with Gasteiger partial charge < -0.3 is 0 Å². The van der Waals surface area contributed by atoms with E-state index in [0.717, 1.165) is 12.0 Å². The summed E-state index contributed by atoms with van der Waals surface area (Å²) in [5.41, 5.74) is 2.37. The quantitative estimate of drug-likeness (QED) is 0.579. The van der Waals surface area contributed by atoms with Crippen LogP contribution in [0.1, 0.15) is 13.3 Å². The Kier molecular flexibility index (Phi) is 4.49. The van der Waals surface area contributed by atoms with Crippen molar-refractivity contribution in [1.82, 2.24) is 0 Å². The van der Waals surface area contributed by atoms with Crippen LogP contribution < -0.4 is 0 Å². The van der Waals surface area contributed by atoms with Crippen molar-refractivity contribution in [2.75, 3.05) is 0 Å². The second-order valence-corrected chi connectivity index (χ2v) is 3.04. The topological polar surface area (TPSA) is 0 Å². The zero-order valence-corrected chi connectivity index (χ0v) is 8.61. The lowest BCUT2D eigenvalue weighted by molar-refractivity contribution is 1.40. The van der Waals surface area contributed by atoms with E-state index in [2.05, 4.69) is 43.0 Å². The summed E-state index contributed by atoms with van der Waals surface area (Å²) >= 11 is 0. The standard InChI is InChI=1S/C14H16/c1-3-5-10-13(4-2)14-11-8-6-7-9-12-14/h3-6,8-12H,2,7H2,1H3/b5-3-,13-10+. The van der Waals surface area contributed by atoms with Crippen molar-refractivity contribution in [2.45, 2.75) is 13.3 Å².